The van der Waals surface area contributed by atoms with E-state index < -0.39 is 0 Å². The Hall–Kier alpha value is -1.40. The van der Waals surface area contributed by atoms with E-state index in [0.29, 0.717) is 23.3 Å². The Morgan fingerprint density at radius 3 is 2.83 bits per heavy atom. The number of hydrogen-bond donors (Lipinski definition) is 0. The number of anilines is 1. The second-order valence-electron chi connectivity index (χ2n) is 3.74. The molecule has 0 saturated carbocycles. The Kier molecular flexibility index (Phi) is 3.98. The molecule has 7 heteroatoms. The van der Waals surface area contributed by atoms with Crippen LogP contribution in [0.5, 0.6) is 5.75 Å². The van der Waals surface area contributed by atoms with Gasteiger partial charge in [0.2, 0.25) is 0 Å². The first kappa shape index (κ1) is 13.0. The first-order chi connectivity index (χ1) is 8.61. The maximum Gasteiger partial charge on any atom is 0.199 e. The van der Waals surface area contributed by atoms with Gasteiger partial charge < -0.3 is 9.64 Å². The number of aryl methyl sites for hydroxylation is 1. The third kappa shape index (κ3) is 2.70. The van der Waals surface area contributed by atoms with Crippen molar-refractivity contribution in [2.75, 3.05) is 19.1 Å². The monoisotopic (exact) mass is 284 g/mol. The molecule has 0 aliphatic rings. The minimum atomic E-state index is 0.309. The number of thiazole rings is 1. The zero-order valence-corrected chi connectivity index (χ0v) is 11.9. The molecule has 0 spiro atoms. The number of methoxy groups -OCH3 is 1. The van der Waals surface area contributed by atoms with Crippen LogP contribution in [0.4, 0.5) is 5.82 Å². The lowest BCUT2D eigenvalue weighted by Gasteiger charge is -2.19. The van der Waals surface area contributed by atoms with Gasteiger partial charge in [-0.2, -0.15) is 0 Å². The lowest BCUT2D eigenvalue weighted by molar-refractivity contribution is 0.411. The normalized spacial score (nSPS) is 10.4. The fourth-order valence-corrected chi connectivity index (χ4v) is 2.40. The van der Waals surface area contributed by atoms with E-state index in [4.69, 9.17) is 16.3 Å². The van der Waals surface area contributed by atoms with Crippen LogP contribution in [0.15, 0.2) is 11.7 Å². The van der Waals surface area contributed by atoms with Gasteiger partial charge in [0.05, 0.1) is 24.4 Å². The molecule has 0 bridgehead atoms. The van der Waals surface area contributed by atoms with Crippen LogP contribution in [0.2, 0.25) is 5.15 Å². The van der Waals surface area contributed by atoms with Gasteiger partial charge in [0.1, 0.15) is 6.33 Å². The lowest BCUT2D eigenvalue weighted by Crippen LogP contribution is -2.19. The van der Waals surface area contributed by atoms with Crippen LogP contribution < -0.4 is 9.64 Å². The Labute approximate surface area is 114 Å². The number of aromatic nitrogens is 3. The number of hydrogen-bond acceptors (Lipinski definition) is 6. The predicted octanol–water partition coefficient (Wildman–Crippen LogP) is 2.54. The molecule has 2 aromatic heterocycles. The maximum absolute atomic E-state index is 5.96. The van der Waals surface area contributed by atoms with Gasteiger partial charge in [0, 0.05) is 12.4 Å². The fourth-order valence-electron chi connectivity index (χ4n) is 1.59. The molecule has 0 atom stereocenters. The Morgan fingerprint density at radius 2 is 2.22 bits per heavy atom. The Bertz CT molecular complexity index is 546. The van der Waals surface area contributed by atoms with E-state index in [0.717, 1.165) is 10.7 Å². The third-order valence-electron chi connectivity index (χ3n) is 2.37. The summed E-state index contributed by atoms with van der Waals surface area (Å²) in [5, 5.41) is 3.39. The quantitative estimate of drug-likeness (QED) is 0.808. The molecular formula is C11H13ClN4OS. The molecule has 18 heavy (non-hydrogen) atoms. The number of ether oxygens (including phenoxy) is 1. The van der Waals surface area contributed by atoms with Gasteiger partial charge in [-0.25, -0.2) is 15.0 Å². The van der Waals surface area contributed by atoms with E-state index in [1.54, 1.807) is 18.4 Å². The molecule has 2 heterocycles. The zero-order chi connectivity index (χ0) is 13.1. The van der Waals surface area contributed by atoms with E-state index in [1.165, 1.54) is 6.33 Å². The number of rotatable bonds is 4. The van der Waals surface area contributed by atoms with Crippen LogP contribution in [-0.2, 0) is 6.54 Å². The van der Waals surface area contributed by atoms with E-state index >= 15 is 0 Å². The highest BCUT2D eigenvalue weighted by atomic mass is 35.5. The average Bonchev–Trinajstić information content (AvgIpc) is 2.74. The van der Waals surface area contributed by atoms with E-state index in [9.17, 15) is 0 Å². The van der Waals surface area contributed by atoms with Gasteiger partial charge in [-0.15, -0.1) is 11.3 Å². The summed E-state index contributed by atoms with van der Waals surface area (Å²) in [7, 11) is 3.46. The van der Waals surface area contributed by atoms with Crippen molar-refractivity contribution in [2.24, 2.45) is 0 Å². The Morgan fingerprint density at radius 1 is 1.44 bits per heavy atom. The highest BCUT2D eigenvalue weighted by molar-refractivity contribution is 7.09. The number of halogens is 1. The van der Waals surface area contributed by atoms with E-state index in [1.807, 2.05) is 24.3 Å². The molecule has 0 unspecified atom stereocenters. The summed E-state index contributed by atoms with van der Waals surface area (Å²) in [4.78, 5) is 14.4. The van der Waals surface area contributed by atoms with Crippen molar-refractivity contribution in [1.82, 2.24) is 15.0 Å². The first-order valence-electron chi connectivity index (χ1n) is 5.28. The summed E-state index contributed by atoms with van der Waals surface area (Å²) in [6, 6.07) is 0. The maximum atomic E-state index is 5.96. The van der Waals surface area contributed by atoms with Crippen LogP contribution >= 0.6 is 22.9 Å². The van der Waals surface area contributed by atoms with Gasteiger partial charge in [0.15, 0.2) is 16.7 Å². The standard InChI is InChI=1S/C11H13ClN4OS/c1-7-15-8(5-18-7)4-16(2)11-9(17-3)10(12)13-6-14-11/h5-6H,4H2,1-3H3. The molecule has 0 saturated heterocycles. The molecule has 0 aliphatic heterocycles. The minimum absolute atomic E-state index is 0.309. The smallest absolute Gasteiger partial charge is 0.199 e. The molecule has 0 N–H and O–H groups in total. The molecule has 0 amide bonds. The molecule has 0 fully saturated rings. The van der Waals surface area contributed by atoms with Crippen molar-refractivity contribution in [3.63, 3.8) is 0 Å². The summed E-state index contributed by atoms with van der Waals surface area (Å²) >= 11 is 7.59. The van der Waals surface area contributed by atoms with Crippen molar-refractivity contribution in [3.8, 4) is 5.75 Å². The molecular weight excluding hydrogens is 272 g/mol. The van der Waals surface area contributed by atoms with Gasteiger partial charge in [-0.05, 0) is 6.92 Å². The Balaban J connectivity index is 2.23. The van der Waals surface area contributed by atoms with Crippen molar-refractivity contribution in [2.45, 2.75) is 13.5 Å². The summed E-state index contributed by atoms with van der Waals surface area (Å²) < 4.78 is 5.22. The average molecular weight is 285 g/mol. The van der Waals surface area contributed by atoms with Gasteiger partial charge in [-0.3, -0.25) is 0 Å². The summed E-state index contributed by atoms with van der Waals surface area (Å²) in [6.45, 7) is 2.63. The van der Waals surface area contributed by atoms with Gasteiger partial charge in [0.25, 0.3) is 0 Å². The summed E-state index contributed by atoms with van der Waals surface area (Å²) in [6.07, 6.45) is 1.42. The van der Waals surface area contributed by atoms with Crippen molar-refractivity contribution in [1.29, 1.82) is 0 Å². The van der Waals surface area contributed by atoms with Crippen molar-refractivity contribution >= 4 is 28.8 Å². The molecule has 0 radical (unpaired) electrons. The summed E-state index contributed by atoms with van der Waals surface area (Å²) in [5.41, 5.74) is 0.997. The molecule has 2 rings (SSSR count). The van der Waals surface area contributed by atoms with Crippen LogP contribution in [0, 0.1) is 6.92 Å². The van der Waals surface area contributed by atoms with Crippen LogP contribution in [-0.4, -0.2) is 29.1 Å². The highest BCUT2D eigenvalue weighted by Crippen LogP contribution is 2.31. The fraction of sp³-hybridized carbons (Fsp3) is 0.364. The van der Waals surface area contributed by atoms with E-state index in [2.05, 4.69) is 15.0 Å². The van der Waals surface area contributed by atoms with Crippen molar-refractivity contribution in [3.05, 3.63) is 27.6 Å². The van der Waals surface area contributed by atoms with Gasteiger partial charge in [-0.1, -0.05) is 11.6 Å². The topological polar surface area (TPSA) is 51.1 Å². The zero-order valence-electron chi connectivity index (χ0n) is 10.3. The second-order valence-corrected chi connectivity index (χ2v) is 5.16. The lowest BCUT2D eigenvalue weighted by atomic mass is 10.4. The molecule has 96 valence electrons. The van der Waals surface area contributed by atoms with Crippen LogP contribution in [0.1, 0.15) is 10.7 Å². The molecule has 0 aliphatic carbocycles. The molecule has 2 aromatic rings. The SMILES string of the molecule is COc1c(Cl)ncnc1N(C)Cc1csc(C)n1. The van der Waals surface area contributed by atoms with Crippen LogP contribution in [0.25, 0.3) is 0 Å². The number of nitrogens with zero attached hydrogens (tertiary/aromatic N) is 4. The first-order valence-corrected chi connectivity index (χ1v) is 6.54. The second kappa shape index (κ2) is 5.49. The highest BCUT2D eigenvalue weighted by Gasteiger charge is 2.15. The van der Waals surface area contributed by atoms with E-state index in [-0.39, 0.29) is 0 Å². The summed E-state index contributed by atoms with van der Waals surface area (Å²) in [5.74, 6) is 1.14. The largest absolute Gasteiger partial charge is 0.490 e. The molecule has 5 nitrogen and oxygen atoms in total. The van der Waals surface area contributed by atoms with Crippen molar-refractivity contribution < 1.29 is 4.74 Å². The van der Waals surface area contributed by atoms with Gasteiger partial charge >= 0.3 is 0 Å². The molecule has 0 aromatic carbocycles. The predicted molar refractivity (Wildman–Crippen MR) is 72.6 cm³/mol. The van der Waals surface area contributed by atoms with Crippen LogP contribution in [0.3, 0.4) is 0 Å². The minimum Gasteiger partial charge on any atom is -0.490 e. The third-order valence-corrected chi connectivity index (χ3v) is 3.46.